The Kier molecular flexibility index (Phi) is 4.13. The van der Waals surface area contributed by atoms with Crippen LogP contribution >= 0.6 is 0 Å². The molecule has 20 heavy (non-hydrogen) atoms. The van der Waals surface area contributed by atoms with E-state index < -0.39 is 6.04 Å². The highest BCUT2D eigenvalue weighted by molar-refractivity contribution is 5.97. The molecule has 2 atom stereocenters. The molecule has 2 unspecified atom stereocenters. The monoisotopic (exact) mass is 279 g/mol. The molecule has 2 heterocycles. The van der Waals surface area contributed by atoms with Crippen LogP contribution in [0.1, 0.15) is 30.6 Å². The largest absolute Gasteiger partial charge is 0.472 e. The van der Waals surface area contributed by atoms with Crippen LogP contribution < -0.4 is 11.1 Å². The van der Waals surface area contributed by atoms with Gasteiger partial charge in [-0.1, -0.05) is 6.92 Å². The van der Waals surface area contributed by atoms with Gasteiger partial charge in [0.05, 0.1) is 11.8 Å². The van der Waals surface area contributed by atoms with Gasteiger partial charge in [0.2, 0.25) is 5.91 Å². The van der Waals surface area contributed by atoms with Gasteiger partial charge in [-0.3, -0.25) is 9.59 Å². The quantitative estimate of drug-likeness (QED) is 0.844. The summed E-state index contributed by atoms with van der Waals surface area (Å²) in [5.41, 5.74) is 6.14. The Morgan fingerprint density at radius 3 is 2.90 bits per heavy atom. The van der Waals surface area contributed by atoms with E-state index in [1.54, 1.807) is 17.9 Å². The Bertz CT molecular complexity index is 486. The summed E-state index contributed by atoms with van der Waals surface area (Å²) in [5, 5.41) is 2.68. The Hall–Kier alpha value is -1.82. The highest BCUT2D eigenvalue weighted by Gasteiger charge is 2.36. The van der Waals surface area contributed by atoms with Crippen LogP contribution in [0.25, 0.3) is 0 Å². The van der Waals surface area contributed by atoms with E-state index in [0.717, 1.165) is 6.42 Å². The molecule has 1 fully saturated rings. The van der Waals surface area contributed by atoms with E-state index >= 15 is 0 Å². The van der Waals surface area contributed by atoms with Crippen molar-refractivity contribution < 1.29 is 14.0 Å². The molecular formula is C14H21N3O3. The number of carbonyl (C=O) groups excluding carboxylic acids is 2. The molecule has 2 rings (SSSR count). The van der Waals surface area contributed by atoms with Crippen molar-refractivity contribution in [2.75, 3.05) is 19.6 Å². The first-order chi connectivity index (χ1) is 9.45. The second kappa shape index (κ2) is 5.66. The summed E-state index contributed by atoms with van der Waals surface area (Å²) < 4.78 is 4.85. The molecule has 0 aromatic carbocycles. The minimum absolute atomic E-state index is 0.00997. The highest BCUT2D eigenvalue weighted by Crippen LogP contribution is 2.28. The molecule has 2 amide bonds. The van der Waals surface area contributed by atoms with Gasteiger partial charge >= 0.3 is 0 Å². The molecule has 1 aromatic heterocycles. The van der Waals surface area contributed by atoms with Gasteiger partial charge in [-0.05, 0) is 31.4 Å². The maximum Gasteiger partial charge on any atom is 0.255 e. The fourth-order valence-corrected chi connectivity index (χ4v) is 2.39. The number of furan rings is 1. The molecule has 6 nitrogen and oxygen atoms in total. The smallest absolute Gasteiger partial charge is 0.255 e. The topological polar surface area (TPSA) is 88.6 Å². The van der Waals surface area contributed by atoms with Crippen molar-refractivity contribution in [1.82, 2.24) is 10.2 Å². The van der Waals surface area contributed by atoms with E-state index in [4.69, 9.17) is 10.2 Å². The molecule has 0 radical (unpaired) electrons. The van der Waals surface area contributed by atoms with Crippen molar-refractivity contribution in [3.63, 3.8) is 0 Å². The zero-order valence-electron chi connectivity index (χ0n) is 11.9. The van der Waals surface area contributed by atoms with Crippen LogP contribution in [-0.2, 0) is 4.79 Å². The minimum atomic E-state index is -0.558. The number of nitrogens with two attached hydrogens (primary N) is 1. The normalized spacial score (nSPS) is 23.6. The fourth-order valence-electron chi connectivity index (χ4n) is 2.39. The van der Waals surface area contributed by atoms with Crippen molar-refractivity contribution in [2.45, 2.75) is 26.3 Å². The summed E-state index contributed by atoms with van der Waals surface area (Å²) in [6, 6.07) is 1.01. The second-order valence-electron chi connectivity index (χ2n) is 5.73. The van der Waals surface area contributed by atoms with Gasteiger partial charge in [-0.15, -0.1) is 0 Å². The van der Waals surface area contributed by atoms with Crippen LogP contribution in [0.3, 0.4) is 0 Å². The zero-order chi connectivity index (χ0) is 14.8. The predicted molar refractivity (Wildman–Crippen MR) is 74.0 cm³/mol. The molecule has 0 saturated carbocycles. The molecule has 0 aliphatic carbocycles. The van der Waals surface area contributed by atoms with E-state index in [2.05, 4.69) is 12.2 Å². The van der Waals surface area contributed by atoms with Crippen LogP contribution in [0, 0.1) is 5.41 Å². The number of hydrogen-bond acceptors (Lipinski definition) is 4. The number of amides is 2. The van der Waals surface area contributed by atoms with Crippen LogP contribution in [0.4, 0.5) is 0 Å². The Balaban J connectivity index is 1.91. The predicted octanol–water partition coefficient (Wildman–Crippen LogP) is 0.595. The molecular weight excluding hydrogens is 258 g/mol. The summed E-state index contributed by atoms with van der Waals surface area (Å²) in [5.74, 6) is -0.376. The molecule has 1 aliphatic rings. The molecule has 1 aliphatic heterocycles. The number of likely N-dealkylation sites (tertiary alicyclic amines) is 1. The van der Waals surface area contributed by atoms with E-state index in [9.17, 15) is 9.59 Å². The lowest BCUT2D eigenvalue weighted by atomic mass is 9.90. The molecule has 3 N–H and O–H groups in total. The van der Waals surface area contributed by atoms with Crippen molar-refractivity contribution in [3.05, 3.63) is 24.2 Å². The van der Waals surface area contributed by atoms with Crippen molar-refractivity contribution in [3.8, 4) is 0 Å². The average molecular weight is 279 g/mol. The highest BCUT2D eigenvalue weighted by atomic mass is 16.3. The van der Waals surface area contributed by atoms with Gasteiger partial charge in [0.15, 0.2) is 0 Å². The Morgan fingerprint density at radius 2 is 2.35 bits per heavy atom. The summed E-state index contributed by atoms with van der Waals surface area (Å²) in [7, 11) is 0. The number of nitrogens with one attached hydrogen (secondary N) is 1. The third-order valence-corrected chi connectivity index (χ3v) is 3.86. The van der Waals surface area contributed by atoms with Crippen molar-refractivity contribution in [1.29, 1.82) is 0 Å². The second-order valence-corrected chi connectivity index (χ2v) is 5.73. The zero-order valence-corrected chi connectivity index (χ0v) is 11.9. The first-order valence-corrected chi connectivity index (χ1v) is 6.77. The van der Waals surface area contributed by atoms with Crippen LogP contribution in [0.15, 0.2) is 23.0 Å². The molecule has 110 valence electrons. The number of rotatable bonds is 4. The number of carbonyl (C=O) groups is 2. The number of hydrogen-bond donors (Lipinski definition) is 2. The van der Waals surface area contributed by atoms with Gasteiger partial charge in [0.1, 0.15) is 12.3 Å². The van der Waals surface area contributed by atoms with Crippen LogP contribution in [-0.4, -0.2) is 42.4 Å². The third-order valence-electron chi connectivity index (χ3n) is 3.86. The summed E-state index contributed by atoms with van der Waals surface area (Å²) in [4.78, 5) is 25.9. The molecule has 1 aromatic rings. The van der Waals surface area contributed by atoms with Gasteiger partial charge in [-0.25, -0.2) is 0 Å². The first-order valence-electron chi connectivity index (χ1n) is 6.77. The van der Waals surface area contributed by atoms with Gasteiger partial charge in [0.25, 0.3) is 5.91 Å². The van der Waals surface area contributed by atoms with Crippen LogP contribution in [0.2, 0.25) is 0 Å². The van der Waals surface area contributed by atoms with Crippen molar-refractivity contribution >= 4 is 11.8 Å². The average Bonchev–Trinajstić information content (AvgIpc) is 3.07. The minimum Gasteiger partial charge on any atom is -0.472 e. The van der Waals surface area contributed by atoms with E-state index in [1.807, 2.05) is 0 Å². The lowest BCUT2D eigenvalue weighted by molar-refractivity contribution is -0.132. The maximum absolute atomic E-state index is 12.3. The van der Waals surface area contributed by atoms with Gasteiger partial charge in [-0.2, -0.15) is 0 Å². The SMILES string of the molecule is CC(NC(=O)c1ccoc1)C(=O)N1CCC(C)(CN)C1. The fraction of sp³-hybridized carbons (Fsp3) is 0.571. The standard InChI is InChI=1S/C14H21N3O3/c1-10(16-12(18)11-3-6-20-7-11)13(19)17-5-4-14(2,8-15)9-17/h3,6-7,10H,4-5,8-9,15H2,1-2H3,(H,16,18). The van der Waals surface area contributed by atoms with E-state index in [1.165, 1.54) is 12.5 Å². The molecule has 6 heteroatoms. The lowest BCUT2D eigenvalue weighted by Gasteiger charge is -2.25. The number of nitrogens with zero attached hydrogens (tertiary/aromatic N) is 1. The van der Waals surface area contributed by atoms with E-state index in [0.29, 0.717) is 25.2 Å². The van der Waals surface area contributed by atoms with Gasteiger partial charge in [0, 0.05) is 13.1 Å². The van der Waals surface area contributed by atoms with Crippen molar-refractivity contribution in [2.24, 2.45) is 11.1 Å². The molecule has 0 bridgehead atoms. The molecule has 1 saturated heterocycles. The lowest BCUT2D eigenvalue weighted by Crippen LogP contribution is -2.47. The maximum atomic E-state index is 12.3. The summed E-state index contributed by atoms with van der Waals surface area (Å²) >= 11 is 0. The Labute approximate surface area is 118 Å². The molecule has 0 spiro atoms. The van der Waals surface area contributed by atoms with Gasteiger partial charge < -0.3 is 20.4 Å². The third kappa shape index (κ3) is 3.01. The van der Waals surface area contributed by atoms with E-state index in [-0.39, 0.29) is 17.2 Å². The Morgan fingerprint density at radius 1 is 1.60 bits per heavy atom. The first kappa shape index (κ1) is 14.6. The van der Waals surface area contributed by atoms with Crippen LogP contribution in [0.5, 0.6) is 0 Å². The summed E-state index contributed by atoms with van der Waals surface area (Å²) in [6.45, 7) is 5.67. The summed E-state index contributed by atoms with van der Waals surface area (Å²) in [6.07, 6.45) is 3.68.